The molecule has 2 N–H and O–H groups in total. The van der Waals surface area contributed by atoms with Crippen LogP contribution in [-0.4, -0.2) is 23.7 Å². The highest BCUT2D eigenvalue weighted by molar-refractivity contribution is 5.89. The summed E-state index contributed by atoms with van der Waals surface area (Å²) in [6, 6.07) is 15.6. The third-order valence-corrected chi connectivity index (χ3v) is 4.54. The number of hydrazone groups is 1. The fraction of sp³-hybridized carbons (Fsp3) is 0.130. The van der Waals surface area contributed by atoms with E-state index in [1.807, 2.05) is 68.6 Å². The van der Waals surface area contributed by atoms with E-state index in [-0.39, 0.29) is 12.5 Å². The van der Waals surface area contributed by atoms with Gasteiger partial charge in [-0.05, 0) is 66.3 Å². The number of amides is 1. The molecule has 0 atom stereocenters. The highest BCUT2D eigenvalue weighted by atomic mass is 16.5. The monoisotopic (exact) mass is 387 g/mol. The summed E-state index contributed by atoms with van der Waals surface area (Å²) in [4.78, 5) is 15.3. The summed E-state index contributed by atoms with van der Waals surface area (Å²) in [5, 5.41) is 5.14. The molecule has 0 unspecified atom stereocenters. The molecule has 2 heterocycles. The molecular weight excluding hydrogens is 366 g/mol. The maximum atomic E-state index is 12.2. The average molecular weight is 387 g/mol. The minimum atomic E-state index is -0.340. The van der Waals surface area contributed by atoms with E-state index in [1.54, 1.807) is 12.5 Å². The Labute approximate surface area is 168 Å². The number of aromatic amines is 1. The van der Waals surface area contributed by atoms with Gasteiger partial charge in [0.15, 0.2) is 6.61 Å². The number of benzene rings is 2. The van der Waals surface area contributed by atoms with E-state index in [1.165, 1.54) is 0 Å². The summed E-state index contributed by atoms with van der Waals surface area (Å²) < 4.78 is 11.3. The molecule has 0 aliphatic rings. The highest BCUT2D eigenvalue weighted by Crippen LogP contribution is 2.34. The summed E-state index contributed by atoms with van der Waals surface area (Å²) in [6.07, 6.45) is 5.10. The number of rotatable bonds is 6. The molecule has 2 aromatic carbocycles. The first kappa shape index (κ1) is 18.6. The van der Waals surface area contributed by atoms with Crippen LogP contribution in [0, 0.1) is 13.8 Å². The van der Waals surface area contributed by atoms with E-state index in [0.29, 0.717) is 11.5 Å². The van der Waals surface area contributed by atoms with Crippen LogP contribution in [0.2, 0.25) is 0 Å². The number of aromatic nitrogens is 1. The lowest BCUT2D eigenvalue weighted by Crippen LogP contribution is -2.25. The molecule has 29 heavy (non-hydrogen) atoms. The van der Waals surface area contributed by atoms with Crippen LogP contribution in [0.3, 0.4) is 0 Å². The second kappa shape index (κ2) is 8.06. The Kier molecular flexibility index (Phi) is 5.16. The molecule has 4 rings (SSSR count). The minimum Gasteiger partial charge on any atom is -0.483 e. The molecule has 0 fully saturated rings. The number of ether oxygens (including phenoxy) is 1. The van der Waals surface area contributed by atoms with Gasteiger partial charge in [-0.2, -0.15) is 5.10 Å². The first-order valence-electron chi connectivity index (χ1n) is 9.27. The van der Waals surface area contributed by atoms with E-state index in [9.17, 15) is 4.79 Å². The van der Waals surface area contributed by atoms with Gasteiger partial charge in [0.25, 0.3) is 5.91 Å². The number of nitrogens with zero attached hydrogens (tertiary/aromatic N) is 1. The summed E-state index contributed by atoms with van der Waals surface area (Å²) in [7, 11) is 0. The number of nitrogens with one attached hydrogen (secondary N) is 2. The van der Waals surface area contributed by atoms with Gasteiger partial charge in [0.1, 0.15) is 11.5 Å². The zero-order valence-corrected chi connectivity index (χ0v) is 16.2. The number of H-pyrrole nitrogens is 1. The van der Waals surface area contributed by atoms with Crippen molar-refractivity contribution >= 4 is 23.0 Å². The van der Waals surface area contributed by atoms with Crippen LogP contribution in [0.5, 0.6) is 5.75 Å². The van der Waals surface area contributed by atoms with Crippen LogP contribution in [0.1, 0.15) is 16.7 Å². The fourth-order valence-electron chi connectivity index (χ4n) is 3.26. The van der Waals surface area contributed by atoms with Crippen molar-refractivity contribution < 1.29 is 13.9 Å². The van der Waals surface area contributed by atoms with Crippen LogP contribution in [0.4, 0.5) is 0 Å². The summed E-state index contributed by atoms with van der Waals surface area (Å²) in [5.41, 5.74) is 7.25. The Hall–Kier alpha value is -3.80. The van der Waals surface area contributed by atoms with Crippen LogP contribution in [0.25, 0.3) is 22.2 Å². The number of carbonyl (C=O) groups excluding carboxylic acids is 1. The molecule has 4 aromatic rings. The van der Waals surface area contributed by atoms with Crippen molar-refractivity contribution in [1.29, 1.82) is 0 Å². The molecule has 0 bridgehead atoms. The van der Waals surface area contributed by atoms with Gasteiger partial charge in [-0.3, -0.25) is 4.79 Å². The second-order valence-electron chi connectivity index (χ2n) is 6.84. The SMILES string of the molecule is Cc1cc(C)c(OCC(=O)N/N=C/c2ccc3cc[nH]c3c2)c(-c2ccco2)c1. The zero-order chi connectivity index (χ0) is 20.2. The van der Waals surface area contributed by atoms with Gasteiger partial charge in [0, 0.05) is 11.7 Å². The predicted octanol–water partition coefficient (Wildman–Crippen LogP) is 4.57. The first-order chi connectivity index (χ1) is 14.1. The van der Waals surface area contributed by atoms with E-state index < -0.39 is 0 Å². The van der Waals surface area contributed by atoms with E-state index in [0.717, 1.165) is 33.2 Å². The van der Waals surface area contributed by atoms with E-state index in [2.05, 4.69) is 15.5 Å². The summed E-state index contributed by atoms with van der Waals surface area (Å²) in [5.74, 6) is 0.986. The smallest absolute Gasteiger partial charge is 0.277 e. The van der Waals surface area contributed by atoms with Crippen molar-refractivity contribution in [3.8, 4) is 17.1 Å². The molecule has 146 valence electrons. The topological polar surface area (TPSA) is 79.6 Å². The molecule has 0 aliphatic heterocycles. The molecule has 0 saturated heterocycles. The summed E-state index contributed by atoms with van der Waals surface area (Å²) in [6.45, 7) is 3.81. The lowest BCUT2D eigenvalue weighted by molar-refractivity contribution is -0.123. The van der Waals surface area contributed by atoms with Gasteiger partial charge in [-0.25, -0.2) is 5.43 Å². The molecule has 1 amide bonds. The number of hydrogen-bond donors (Lipinski definition) is 2. The minimum absolute atomic E-state index is 0.148. The van der Waals surface area contributed by atoms with E-state index in [4.69, 9.17) is 9.15 Å². The number of furan rings is 1. The predicted molar refractivity (Wildman–Crippen MR) is 113 cm³/mol. The second-order valence-corrected chi connectivity index (χ2v) is 6.84. The van der Waals surface area contributed by atoms with Crippen molar-refractivity contribution in [1.82, 2.24) is 10.4 Å². The Morgan fingerprint density at radius 2 is 2.10 bits per heavy atom. The first-order valence-corrected chi connectivity index (χ1v) is 9.27. The normalized spacial score (nSPS) is 11.2. The molecule has 0 radical (unpaired) electrons. The molecular formula is C23H21N3O3. The van der Waals surface area contributed by atoms with Crippen molar-refractivity contribution in [3.63, 3.8) is 0 Å². The maximum absolute atomic E-state index is 12.2. The van der Waals surface area contributed by atoms with Crippen molar-refractivity contribution in [2.75, 3.05) is 6.61 Å². The standard InChI is InChI=1S/C23H21N3O3/c1-15-10-16(2)23(19(11-15)21-4-3-9-28-21)29-14-22(27)26-25-13-17-5-6-18-7-8-24-20(18)12-17/h3-13,24H,14H2,1-2H3,(H,26,27)/b25-13+. The van der Waals surface area contributed by atoms with Crippen molar-refractivity contribution in [2.45, 2.75) is 13.8 Å². The quantitative estimate of drug-likeness (QED) is 0.376. The van der Waals surface area contributed by atoms with Crippen LogP contribution in [0.15, 0.2) is 70.5 Å². The third kappa shape index (κ3) is 4.21. The maximum Gasteiger partial charge on any atom is 0.277 e. The van der Waals surface area contributed by atoms with Gasteiger partial charge in [-0.1, -0.05) is 18.2 Å². The molecule has 6 nitrogen and oxygen atoms in total. The largest absolute Gasteiger partial charge is 0.483 e. The molecule has 6 heteroatoms. The third-order valence-electron chi connectivity index (χ3n) is 4.54. The van der Waals surface area contributed by atoms with Gasteiger partial charge in [0.05, 0.1) is 18.0 Å². The number of carbonyl (C=O) groups is 1. The lowest BCUT2D eigenvalue weighted by atomic mass is 10.0. The molecule has 0 spiro atoms. The van der Waals surface area contributed by atoms with Crippen LogP contribution in [-0.2, 0) is 4.79 Å². The van der Waals surface area contributed by atoms with Gasteiger partial charge in [-0.15, -0.1) is 0 Å². The Morgan fingerprint density at radius 3 is 2.93 bits per heavy atom. The Bertz CT molecular complexity index is 1170. The lowest BCUT2D eigenvalue weighted by Gasteiger charge is -2.13. The number of fused-ring (bicyclic) bond motifs is 1. The zero-order valence-electron chi connectivity index (χ0n) is 16.2. The average Bonchev–Trinajstić information content (AvgIpc) is 3.38. The number of hydrogen-bond acceptors (Lipinski definition) is 4. The summed E-state index contributed by atoms with van der Waals surface area (Å²) >= 11 is 0. The molecule has 2 aromatic heterocycles. The Morgan fingerprint density at radius 1 is 1.21 bits per heavy atom. The van der Waals surface area contributed by atoms with Crippen LogP contribution >= 0.6 is 0 Å². The van der Waals surface area contributed by atoms with Gasteiger partial charge >= 0.3 is 0 Å². The van der Waals surface area contributed by atoms with E-state index >= 15 is 0 Å². The van der Waals surface area contributed by atoms with Crippen molar-refractivity contribution in [2.24, 2.45) is 5.10 Å². The van der Waals surface area contributed by atoms with Gasteiger partial charge in [0.2, 0.25) is 0 Å². The van der Waals surface area contributed by atoms with Crippen molar-refractivity contribution in [3.05, 3.63) is 77.7 Å². The molecule has 0 aliphatic carbocycles. The highest BCUT2D eigenvalue weighted by Gasteiger charge is 2.14. The van der Waals surface area contributed by atoms with Crippen LogP contribution < -0.4 is 10.2 Å². The molecule has 0 saturated carbocycles. The Balaban J connectivity index is 1.41. The number of aryl methyl sites for hydroxylation is 2. The van der Waals surface area contributed by atoms with Gasteiger partial charge < -0.3 is 14.1 Å². The fourth-order valence-corrected chi connectivity index (χ4v) is 3.26.